The fourth-order valence-corrected chi connectivity index (χ4v) is 3.37. The van der Waals surface area contributed by atoms with Crippen LogP contribution in [0.2, 0.25) is 0 Å². The van der Waals surface area contributed by atoms with Gasteiger partial charge in [-0.25, -0.2) is 4.79 Å². The molecule has 1 atom stereocenters. The molecule has 6 nitrogen and oxygen atoms in total. The van der Waals surface area contributed by atoms with Crippen LogP contribution in [0.4, 0.5) is 4.79 Å². The maximum atomic E-state index is 11.5. The number of likely N-dealkylation sites (tertiary alicyclic amines) is 1. The Hall–Kier alpha value is -1.66. The second-order valence-corrected chi connectivity index (χ2v) is 6.72. The molecule has 1 aromatic rings. The van der Waals surface area contributed by atoms with Crippen LogP contribution in [-0.4, -0.2) is 67.3 Å². The number of ether oxygens (including phenoxy) is 1. The summed E-state index contributed by atoms with van der Waals surface area (Å²) in [5.41, 5.74) is 1.54. The fraction of sp³-hybridized carbons (Fsp3) is 0.625. The Morgan fingerprint density at radius 2 is 2.36 bits per heavy atom. The van der Waals surface area contributed by atoms with Gasteiger partial charge in [-0.3, -0.25) is 9.88 Å². The van der Waals surface area contributed by atoms with Gasteiger partial charge in [0, 0.05) is 58.1 Å². The molecule has 0 aromatic carbocycles. The summed E-state index contributed by atoms with van der Waals surface area (Å²) in [5, 5.41) is 2.90. The van der Waals surface area contributed by atoms with Gasteiger partial charge in [-0.1, -0.05) is 6.07 Å². The molecule has 6 heteroatoms. The van der Waals surface area contributed by atoms with Gasteiger partial charge in [0.2, 0.25) is 0 Å². The largest absolute Gasteiger partial charge is 0.376 e. The summed E-state index contributed by atoms with van der Waals surface area (Å²) in [6.07, 6.45) is 4.91. The van der Waals surface area contributed by atoms with Crippen molar-refractivity contribution < 1.29 is 9.53 Å². The average molecular weight is 304 g/mol. The SMILES string of the molecule is CN(C)C(=O)NCC1CC2(CO1)CN(Cc1cccnc1)C2. The molecular weight excluding hydrogens is 280 g/mol. The lowest BCUT2D eigenvalue weighted by Crippen LogP contribution is -2.56. The quantitative estimate of drug-likeness (QED) is 0.899. The third-order valence-corrected chi connectivity index (χ3v) is 4.42. The lowest BCUT2D eigenvalue weighted by molar-refractivity contribution is -0.0140. The molecule has 0 aliphatic carbocycles. The zero-order valence-corrected chi connectivity index (χ0v) is 13.3. The van der Waals surface area contributed by atoms with Crippen molar-refractivity contribution in [3.63, 3.8) is 0 Å². The number of amides is 2. The third-order valence-electron chi connectivity index (χ3n) is 4.42. The molecule has 1 unspecified atom stereocenters. The number of urea groups is 1. The van der Waals surface area contributed by atoms with Crippen molar-refractivity contribution in [3.8, 4) is 0 Å². The number of carbonyl (C=O) groups excluding carboxylic acids is 1. The number of nitrogens with one attached hydrogen (secondary N) is 1. The van der Waals surface area contributed by atoms with Crippen molar-refractivity contribution in [1.29, 1.82) is 0 Å². The first-order valence-electron chi connectivity index (χ1n) is 7.74. The van der Waals surface area contributed by atoms with Crippen LogP contribution in [0.15, 0.2) is 24.5 Å². The van der Waals surface area contributed by atoms with Crippen molar-refractivity contribution in [1.82, 2.24) is 20.1 Å². The topological polar surface area (TPSA) is 57.7 Å². The summed E-state index contributed by atoms with van der Waals surface area (Å²) in [4.78, 5) is 19.7. The minimum Gasteiger partial charge on any atom is -0.376 e. The maximum Gasteiger partial charge on any atom is 0.316 e. The minimum absolute atomic E-state index is 0.0589. The second kappa shape index (κ2) is 6.22. The molecule has 22 heavy (non-hydrogen) atoms. The molecule has 1 N–H and O–H groups in total. The molecule has 1 spiro atoms. The van der Waals surface area contributed by atoms with E-state index in [-0.39, 0.29) is 17.6 Å². The van der Waals surface area contributed by atoms with Crippen LogP contribution in [-0.2, 0) is 11.3 Å². The van der Waals surface area contributed by atoms with E-state index in [1.807, 2.05) is 12.3 Å². The number of hydrogen-bond donors (Lipinski definition) is 1. The van der Waals surface area contributed by atoms with Crippen LogP contribution in [0, 0.1) is 5.41 Å². The first-order valence-corrected chi connectivity index (χ1v) is 7.74. The van der Waals surface area contributed by atoms with Crippen LogP contribution in [0.1, 0.15) is 12.0 Å². The van der Waals surface area contributed by atoms with E-state index in [0.29, 0.717) is 6.54 Å². The Kier molecular flexibility index (Phi) is 4.31. The average Bonchev–Trinajstić information content (AvgIpc) is 2.90. The van der Waals surface area contributed by atoms with E-state index in [1.165, 1.54) is 5.56 Å². The summed E-state index contributed by atoms with van der Waals surface area (Å²) in [5.74, 6) is 0. The normalized spacial score (nSPS) is 23.3. The molecule has 0 saturated carbocycles. The third kappa shape index (κ3) is 3.39. The standard InChI is InChI=1S/C16H24N4O2/c1-19(2)15(21)18-8-14-6-16(12-22-14)10-20(11-16)9-13-4-3-5-17-7-13/h3-5,7,14H,6,8-12H2,1-2H3,(H,18,21). The van der Waals surface area contributed by atoms with Gasteiger partial charge < -0.3 is 15.0 Å². The van der Waals surface area contributed by atoms with E-state index in [4.69, 9.17) is 4.74 Å². The van der Waals surface area contributed by atoms with E-state index >= 15 is 0 Å². The zero-order chi connectivity index (χ0) is 15.6. The molecule has 0 bridgehead atoms. The van der Waals surface area contributed by atoms with E-state index in [2.05, 4.69) is 21.3 Å². The Labute approximate surface area is 131 Å². The van der Waals surface area contributed by atoms with E-state index in [0.717, 1.165) is 32.7 Å². The smallest absolute Gasteiger partial charge is 0.316 e. The molecule has 1 aromatic heterocycles. The highest BCUT2D eigenvalue weighted by Crippen LogP contribution is 2.41. The van der Waals surface area contributed by atoms with Crippen LogP contribution in [0.25, 0.3) is 0 Å². The van der Waals surface area contributed by atoms with Gasteiger partial charge in [0.15, 0.2) is 0 Å². The number of hydrogen-bond acceptors (Lipinski definition) is 4. The van der Waals surface area contributed by atoms with Crippen LogP contribution >= 0.6 is 0 Å². The zero-order valence-electron chi connectivity index (χ0n) is 13.3. The molecule has 0 radical (unpaired) electrons. The second-order valence-electron chi connectivity index (χ2n) is 6.72. The Bertz CT molecular complexity index is 514. The van der Waals surface area contributed by atoms with Gasteiger partial charge >= 0.3 is 6.03 Å². The van der Waals surface area contributed by atoms with Gasteiger partial charge in [-0.2, -0.15) is 0 Å². The summed E-state index contributed by atoms with van der Waals surface area (Å²) in [7, 11) is 3.49. The number of aromatic nitrogens is 1. The molecule has 120 valence electrons. The van der Waals surface area contributed by atoms with Crippen molar-refractivity contribution >= 4 is 6.03 Å². The van der Waals surface area contributed by atoms with Crippen molar-refractivity contribution in [3.05, 3.63) is 30.1 Å². The number of rotatable bonds is 4. The van der Waals surface area contributed by atoms with E-state index in [1.54, 1.807) is 25.2 Å². The summed E-state index contributed by atoms with van der Waals surface area (Å²) in [6.45, 7) is 4.50. The number of nitrogens with zero attached hydrogens (tertiary/aromatic N) is 3. The van der Waals surface area contributed by atoms with Crippen molar-refractivity contribution in [2.45, 2.75) is 19.1 Å². The van der Waals surface area contributed by atoms with Crippen LogP contribution < -0.4 is 5.32 Å². The number of pyridine rings is 1. The Morgan fingerprint density at radius 3 is 3.05 bits per heavy atom. The maximum absolute atomic E-state index is 11.5. The summed E-state index contributed by atoms with van der Waals surface area (Å²) >= 11 is 0. The molecule has 3 rings (SSSR count). The molecule has 2 amide bonds. The minimum atomic E-state index is -0.0589. The monoisotopic (exact) mass is 304 g/mol. The lowest BCUT2D eigenvalue weighted by Gasteiger charge is -2.47. The Morgan fingerprint density at radius 1 is 1.55 bits per heavy atom. The number of carbonyl (C=O) groups is 1. The highest BCUT2D eigenvalue weighted by molar-refractivity contribution is 5.73. The van der Waals surface area contributed by atoms with Crippen LogP contribution in [0.5, 0.6) is 0 Å². The van der Waals surface area contributed by atoms with E-state index in [9.17, 15) is 4.79 Å². The lowest BCUT2D eigenvalue weighted by atomic mass is 9.77. The van der Waals surface area contributed by atoms with Crippen molar-refractivity contribution in [2.75, 3.05) is 40.3 Å². The Balaban J connectivity index is 1.41. The molecule has 2 saturated heterocycles. The first-order chi connectivity index (χ1) is 10.6. The van der Waals surface area contributed by atoms with Gasteiger partial charge in [-0.05, 0) is 18.1 Å². The predicted octanol–water partition coefficient (Wildman–Crippen LogP) is 0.944. The summed E-state index contributed by atoms with van der Waals surface area (Å²) < 4.78 is 5.87. The van der Waals surface area contributed by atoms with Gasteiger partial charge in [0.05, 0.1) is 12.7 Å². The first kappa shape index (κ1) is 15.2. The molecular formula is C16H24N4O2. The van der Waals surface area contributed by atoms with E-state index < -0.39 is 0 Å². The molecule has 2 aliphatic heterocycles. The van der Waals surface area contributed by atoms with Crippen molar-refractivity contribution in [2.24, 2.45) is 5.41 Å². The highest BCUT2D eigenvalue weighted by atomic mass is 16.5. The molecule has 3 heterocycles. The van der Waals surface area contributed by atoms with Gasteiger partial charge in [0.25, 0.3) is 0 Å². The highest BCUT2D eigenvalue weighted by Gasteiger charge is 2.48. The molecule has 2 aliphatic rings. The summed E-state index contributed by atoms with van der Waals surface area (Å²) in [6, 6.07) is 4.03. The molecule has 2 fully saturated rings. The van der Waals surface area contributed by atoms with Gasteiger partial charge in [0.1, 0.15) is 0 Å². The van der Waals surface area contributed by atoms with Gasteiger partial charge in [-0.15, -0.1) is 0 Å². The fourth-order valence-electron chi connectivity index (χ4n) is 3.37. The van der Waals surface area contributed by atoms with Crippen LogP contribution in [0.3, 0.4) is 0 Å². The predicted molar refractivity (Wildman–Crippen MR) is 83.4 cm³/mol.